The van der Waals surface area contributed by atoms with E-state index in [1.807, 2.05) is 14.1 Å². The highest BCUT2D eigenvalue weighted by atomic mass is 35.5. The SMILES string of the molecule is COc1ccc(C(=O)N(CCCN(C)C)c2nc3c(F)cccc3s2)cc1OC.Cl. The van der Waals surface area contributed by atoms with E-state index in [-0.39, 0.29) is 23.8 Å². The van der Waals surface area contributed by atoms with E-state index < -0.39 is 5.82 Å². The molecule has 3 rings (SSSR count). The first kappa shape index (κ1) is 23.9. The van der Waals surface area contributed by atoms with Gasteiger partial charge in [0.1, 0.15) is 11.3 Å². The first-order valence-electron chi connectivity index (χ1n) is 9.18. The third-order valence-corrected chi connectivity index (χ3v) is 5.50. The van der Waals surface area contributed by atoms with E-state index in [1.165, 1.54) is 24.5 Å². The quantitative estimate of drug-likeness (QED) is 0.503. The van der Waals surface area contributed by atoms with E-state index in [1.54, 1.807) is 42.3 Å². The summed E-state index contributed by atoms with van der Waals surface area (Å²) in [6.45, 7) is 1.28. The molecule has 3 aromatic rings. The van der Waals surface area contributed by atoms with Gasteiger partial charge in [0, 0.05) is 12.1 Å². The molecule has 0 N–H and O–H groups in total. The fraction of sp³-hybridized carbons (Fsp3) is 0.333. The molecule has 0 bridgehead atoms. The Labute approximate surface area is 185 Å². The predicted octanol–water partition coefficient (Wildman–Crippen LogP) is 4.47. The monoisotopic (exact) mass is 453 g/mol. The zero-order chi connectivity index (χ0) is 21.0. The fourth-order valence-corrected chi connectivity index (χ4v) is 3.98. The second-order valence-electron chi connectivity index (χ2n) is 6.77. The van der Waals surface area contributed by atoms with Crippen LogP contribution in [-0.4, -0.2) is 57.2 Å². The van der Waals surface area contributed by atoms with E-state index in [4.69, 9.17) is 9.47 Å². The summed E-state index contributed by atoms with van der Waals surface area (Å²) in [6, 6.07) is 9.86. The molecule has 9 heteroatoms. The Hall–Kier alpha value is -2.42. The van der Waals surface area contributed by atoms with Crippen molar-refractivity contribution in [1.82, 2.24) is 9.88 Å². The lowest BCUT2D eigenvalue weighted by atomic mass is 10.1. The Morgan fingerprint density at radius 3 is 2.47 bits per heavy atom. The van der Waals surface area contributed by atoms with Crippen LogP contribution in [0.5, 0.6) is 11.5 Å². The zero-order valence-corrected chi connectivity index (χ0v) is 19.0. The van der Waals surface area contributed by atoms with Crippen molar-refractivity contribution in [2.24, 2.45) is 0 Å². The number of benzene rings is 2. The smallest absolute Gasteiger partial charge is 0.260 e. The minimum absolute atomic E-state index is 0. The minimum atomic E-state index is -0.392. The van der Waals surface area contributed by atoms with Crippen LogP contribution < -0.4 is 14.4 Å². The molecule has 162 valence electrons. The van der Waals surface area contributed by atoms with Gasteiger partial charge in [-0.15, -0.1) is 12.4 Å². The molecule has 2 aromatic carbocycles. The molecule has 1 heterocycles. The van der Waals surface area contributed by atoms with E-state index >= 15 is 0 Å². The molecule has 0 fully saturated rings. The molecule has 0 atom stereocenters. The third kappa shape index (κ3) is 5.19. The second kappa shape index (κ2) is 10.6. The maximum Gasteiger partial charge on any atom is 0.260 e. The normalized spacial score (nSPS) is 10.7. The summed E-state index contributed by atoms with van der Waals surface area (Å²) in [5.41, 5.74) is 0.734. The molecule has 0 spiro atoms. The lowest BCUT2D eigenvalue weighted by molar-refractivity contribution is 0.0985. The second-order valence-corrected chi connectivity index (χ2v) is 7.78. The number of thiazole rings is 1. The Morgan fingerprint density at radius 2 is 1.83 bits per heavy atom. The van der Waals surface area contributed by atoms with Crippen molar-refractivity contribution in [2.75, 3.05) is 46.3 Å². The van der Waals surface area contributed by atoms with Crippen LogP contribution in [0, 0.1) is 5.82 Å². The molecule has 0 aliphatic heterocycles. The maximum atomic E-state index is 14.1. The summed E-state index contributed by atoms with van der Waals surface area (Å²) < 4.78 is 25.4. The van der Waals surface area contributed by atoms with Gasteiger partial charge < -0.3 is 14.4 Å². The summed E-state index contributed by atoms with van der Waals surface area (Å²) in [4.78, 5) is 21.4. The number of rotatable bonds is 8. The maximum absolute atomic E-state index is 14.1. The number of halogens is 2. The number of amides is 1. The molecule has 6 nitrogen and oxygen atoms in total. The number of hydrogen-bond acceptors (Lipinski definition) is 6. The summed E-state index contributed by atoms with van der Waals surface area (Å²) in [6.07, 6.45) is 0.754. The van der Waals surface area contributed by atoms with Gasteiger partial charge in [-0.1, -0.05) is 17.4 Å². The van der Waals surface area contributed by atoms with Gasteiger partial charge in [0.05, 0.1) is 18.9 Å². The van der Waals surface area contributed by atoms with E-state index in [9.17, 15) is 9.18 Å². The summed E-state index contributed by atoms with van der Waals surface area (Å²) >= 11 is 1.30. The lowest BCUT2D eigenvalue weighted by Gasteiger charge is -2.21. The fourth-order valence-electron chi connectivity index (χ4n) is 2.97. The van der Waals surface area contributed by atoms with E-state index in [0.29, 0.717) is 33.4 Å². The van der Waals surface area contributed by atoms with Crippen molar-refractivity contribution in [3.63, 3.8) is 0 Å². The van der Waals surface area contributed by atoms with Gasteiger partial charge in [-0.3, -0.25) is 9.69 Å². The average molecular weight is 454 g/mol. The molecule has 0 saturated heterocycles. The Balaban J connectivity index is 0.00000320. The highest BCUT2D eigenvalue weighted by molar-refractivity contribution is 7.22. The Morgan fingerprint density at radius 1 is 1.10 bits per heavy atom. The van der Waals surface area contributed by atoms with Crippen LogP contribution in [-0.2, 0) is 0 Å². The predicted molar refractivity (Wildman–Crippen MR) is 121 cm³/mol. The molecule has 1 amide bonds. The summed E-state index contributed by atoms with van der Waals surface area (Å²) in [7, 11) is 7.03. The zero-order valence-electron chi connectivity index (χ0n) is 17.3. The van der Waals surface area contributed by atoms with Crippen LogP contribution in [0.2, 0.25) is 0 Å². The van der Waals surface area contributed by atoms with Gasteiger partial charge in [0.15, 0.2) is 16.6 Å². The summed E-state index contributed by atoms with van der Waals surface area (Å²) in [5, 5.41) is 0.476. The van der Waals surface area contributed by atoms with Crippen molar-refractivity contribution in [1.29, 1.82) is 0 Å². The van der Waals surface area contributed by atoms with Crippen molar-refractivity contribution in [2.45, 2.75) is 6.42 Å². The van der Waals surface area contributed by atoms with Crippen LogP contribution in [0.4, 0.5) is 9.52 Å². The van der Waals surface area contributed by atoms with Crippen LogP contribution >= 0.6 is 23.7 Å². The van der Waals surface area contributed by atoms with Gasteiger partial charge in [0.2, 0.25) is 0 Å². The molecule has 30 heavy (non-hydrogen) atoms. The Kier molecular flexibility index (Phi) is 8.40. The number of carbonyl (C=O) groups excluding carboxylic acids is 1. The molecular formula is C21H25ClFN3O3S. The van der Waals surface area contributed by atoms with Crippen molar-refractivity contribution >= 4 is 45.0 Å². The minimum Gasteiger partial charge on any atom is -0.493 e. The topological polar surface area (TPSA) is 54.9 Å². The number of ether oxygens (including phenoxy) is 2. The third-order valence-electron chi connectivity index (χ3n) is 4.45. The van der Waals surface area contributed by atoms with Crippen LogP contribution in [0.3, 0.4) is 0 Å². The highest BCUT2D eigenvalue weighted by Gasteiger charge is 2.23. The number of fused-ring (bicyclic) bond motifs is 1. The number of methoxy groups -OCH3 is 2. The van der Waals surface area contributed by atoms with Gasteiger partial charge in [-0.25, -0.2) is 9.37 Å². The number of hydrogen-bond donors (Lipinski definition) is 0. The molecule has 1 aromatic heterocycles. The Bertz CT molecular complexity index is 1010. The molecule has 0 unspecified atom stereocenters. The molecule has 0 aliphatic carbocycles. The van der Waals surface area contributed by atoms with Crippen molar-refractivity contribution < 1.29 is 18.7 Å². The number of aromatic nitrogens is 1. The highest BCUT2D eigenvalue weighted by Crippen LogP contribution is 2.33. The molecule has 0 saturated carbocycles. The lowest BCUT2D eigenvalue weighted by Crippen LogP contribution is -2.33. The summed E-state index contributed by atoms with van der Waals surface area (Å²) in [5.74, 6) is 0.410. The average Bonchev–Trinajstić information content (AvgIpc) is 3.15. The number of carbonyl (C=O) groups is 1. The van der Waals surface area contributed by atoms with Gasteiger partial charge in [-0.05, 0) is 57.4 Å². The van der Waals surface area contributed by atoms with Crippen molar-refractivity contribution in [3.05, 3.63) is 47.8 Å². The molecule has 0 radical (unpaired) electrons. The first-order valence-corrected chi connectivity index (χ1v) is 10.00. The number of anilines is 1. The van der Waals surface area contributed by atoms with E-state index in [2.05, 4.69) is 9.88 Å². The number of para-hydroxylation sites is 1. The standard InChI is InChI=1S/C21H24FN3O3S.ClH/c1-24(2)11-6-12-25(21-23-19-15(22)7-5-8-18(19)29-21)20(26)14-9-10-16(27-3)17(13-14)28-4;/h5,7-10,13H,6,11-12H2,1-4H3;1H. The van der Waals surface area contributed by atoms with Gasteiger partial charge >= 0.3 is 0 Å². The molecule has 0 aliphatic rings. The van der Waals surface area contributed by atoms with Crippen LogP contribution in [0.25, 0.3) is 10.2 Å². The van der Waals surface area contributed by atoms with E-state index in [0.717, 1.165) is 13.0 Å². The van der Waals surface area contributed by atoms with Crippen molar-refractivity contribution in [3.8, 4) is 11.5 Å². The van der Waals surface area contributed by atoms with Gasteiger partial charge in [-0.2, -0.15) is 0 Å². The van der Waals surface area contributed by atoms with Crippen LogP contribution in [0.1, 0.15) is 16.8 Å². The van der Waals surface area contributed by atoms with Gasteiger partial charge in [0.25, 0.3) is 5.91 Å². The van der Waals surface area contributed by atoms with Crippen LogP contribution in [0.15, 0.2) is 36.4 Å². The largest absolute Gasteiger partial charge is 0.493 e. The molecular weight excluding hydrogens is 429 g/mol. The number of nitrogens with zero attached hydrogens (tertiary/aromatic N) is 3. The first-order chi connectivity index (χ1) is 13.9.